The van der Waals surface area contributed by atoms with Crippen LogP contribution in [0.15, 0.2) is 41.3 Å². The summed E-state index contributed by atoms with van der Waals surface area (Å²) in [5, 5.41) is 7.17. The van der Waals surface area contributed by atoms with Gasteiger partial charge in [0, 0.05) is 10.5 Å². The van der Waals surface area contributed by atoms with Crippen molar-refractivity contribution in [2.45, 2.75) is 4.90 Å². The highest BCUT2D eigenvalue weighted by Crippen LogP contribution is 2.29. The molecule has 0 aliphatic heterocycles. The van der Waals surface area contributed by atoms with Gasteiger partial charge in [0.1, 0.15) is 11.6 Å². The van der Waals surface area contributed by atoms with Gasteiger partial charge in [0.15, 0.2) is 17.4 Å². The number of hydrogen-bond donors (Lipinski definition) is 2. The molecule has 0 bridgehead atoms. The zero-order valence-corrected chi connectivity index (χ0v) is 11.4. The Morgan fingerprint density at radius 3 is 2.15 bits per heavy atom. The number of rotatable bonds is 4. The van der Waals surface area contributed by atoms with Crippen LogP contribution in [0.25, 0.3) is 0 Å². The van der Waals surface area contributed by atoms with E-state index in [2.05, 4.69) is 0 Å². The second-order valence-corrected chi connectivity index (χ2v) is 4.84. The normalized spacial score (nSPS) is 10.3. The molecule has 3 N–H and O–H groups in total. The van der Waals surface area contributed by atoms with E-state index in [4.69, 9.17) is 15.9 Å². The molecular weight excluding hydrogens is 282 g/mol. The van der Waals surface area contributed by atoms with E-state index < -0.39 is 23.2 Å². The van der Waals surface area contributed by atoms with Gasteiger partial charge < -0.3 is 10.5 Å². The average Bonchev–Trinajstić information content (AvgIpc) is 2.43. The Morgan fingerprint density at radius 1 is 1.15 bits per heavy atom. The fourth-order valence-electron chi connectivity index (χ4n) is 1.57. The summed E-state index contributed by atoms with van der Waals surface area (Å²) in [6.07, 6.45) is 1.93. The van der Waals surface area contributed by atoms with Crippen LogP contribution in [-0.4, -0.2) is 12.1 Å². The average molecular weight is 294 g/mol. The summed E-state index contributed by atoms with van der Waals surface area (Å²) in [6, 6.07) is 8.78. The predicted molar refractivity (Wildman–Crippen MR) is 75.7 cm³/mol. The van der Waals surface area contributed by atoms with Crippen LogP contribution < -0.4 is 10.5 Å². The zero-order chi connectivity index (χ0) is 14.7. The minimum atomic E-state index is -0.899. The molecule has 0 amide bonds. The van der Waals surface area contributed by atoms with E-state index in [0.29, 0.717) is 5.75 Å². The van der Waals surface area contributed by atoms with Gasteiger partial charge >= 0.3 is 0 Å². The minimum absolute atomic E-state index is 0.0231. The second kappa shape index (κ2) is 5.92. The number of hydrogen-bond acceptors (Lipinski definition) is 3. The van der Waals surface area contributed by atoms with Crippen LogP contribution in [-0.2, 0) is 0 Å². The van der Waals surface area contributed by atoms with E-state index in [9.17, 15) is 8.78 Å². The molecule has 3 nitrogen and oxygen atoms in total. The number of benzene rings is 2. The second-order valence-electron chi connectivity index (χ2n) is 3.96. The molecule has 104 valence electrons. The monoisotopic (exact) mass is 294 g/mol. The van der Waals surface area contributed by atoms with Crippen LogP contribution in [0.4, 0.5) is 8.78 Å². The molecule has 0 fully saturated rings. The molecule has 6 heteroatoms. The first-order valence-electron chi connectivity index (χ1n) is 5.66. The molecule has 0 aromatic heterocycles. The molecule has 0 saturated heterocycles. The number of nitrogens with one attached hydrogen (secondary N) is 1. The van der Waals surface area contributed by atoms with Gasteiger partial charge in [-0.05, 0) is 42.7 Å². The summed E-state index contributed by atoms with van der Waals surface area (Å²) in [6.45, 7) is 0. The first kappa shape index (κ1) is 14.3. The number of nitrogen functional groups attached to an aromatic ring is 1. The molecule has 0 aliphatic rings. The Balaban J connectivity index is 2.30. The van der Waals surface area contributed by atoms with Crippen molar-refractivity contribution in [2.75, 3.05) is 6.26 Å². The molecule has 2 aromatic rings. The van der Waals surface area contributed by atoms with E-state index >= 15 is 0 Å². The van der Waals surface area contributed by atoms with Crippen molar-refractivity contribution in [1.29, 1.82) is 5.41 Å². The standard InChI is InChI=1S/C14H12F2N2OS/c1-20-10-4-2-9(3-5-10)19-13-11(15)6-8(14(17)18)7-12(13)16/h2-7H,1H3,(H3,17,18). The Hall–Kier alpha value is -2.08. The van der Waals surface area contributed by atoms with E-state index in [1.165, 1.54) is 0 Å². The SMILES string of the molecule is CSc1ccc(Oc2c(F)cc(C(=N)N)cc2F)cc1. The zero-order valence-electron chi connectivity index (χ0n) is 10.6. The minimum Gasteiger partial charge on any atom is -0.451 e. The van der Waals surface area contributed by atoms with E-state index in [1.807, 2.05) is 6.26 Å². The highest BCUT2D eigenvalue weighted by Gasteiger charge is 2.14. The molecule has 0 aliphatic carbocycles. The third-order valence-corrected chi connectivity index (χ3v) is 3.33. The van der Waals surface area contributed by atoms with Gasteiger partial charge in [0.2, 0.25) is 0 Å². The summed E-state index contributed by atoms with van der Waals surface area (Å²) < 4.78 is 32.8. The van der Waals surface area contributed by atoms with Gasteiger partial charge in [-0.2, -0.15) is 0 Å². The van der Waals surface area contributed by atoms with Crippen LogP contribution in [0, 0.1) is 17.0 Å². The number of amidine groups is 1. The largest absolute Gasteiger partial charge is 0.451 e. The van der Waals surface area contributed by atoms with Crippen molar-refractivity contribution in [2.24, 2.45) is 5.73 Å². The molecule has 0 radical (unpaired) electrons. The molecule has 0 saturated carbocycles. The maximum Gasteiger partial charge on any atom is 0.198 e. The van der Waals surface area contributed by atoms with Crippen LogP contribution in [0.3, 0.4) is 0 Å². The summed E-state index contributed by atoms with van der Waals surface area (Å²) in [5.74, 6) is -2.38. The van der Waals surface area contributed by atoms with Gasteiger partial charge in [-0.1, -0.05) is 0 Å². The lowest BCUT2D eigenvalue weighted by molar-refractivity contribution is 0.407. The van der Waals surface area contributed by atoms with Crippen molar-refractivity contribution in [1.82, 2.24) is 0 Å². The molecule has 20 heavy (non-hydrogen) atoms. The van der Waals surface area contributed by atoms with E-state index in [1.54, 1.807) is 36.0 Å². The summed E-state index contributed by atoms with van der Waals surface area (Å²) in [4.78, 5) is 1.02. The van der Waals surface area contributed by atoms with Crippen molar-refractivity contribution in [3.8, 4) is 11.5 Å². The van der Waals surface area contributed by atoms with Gasteiger partial charge in [0.05, 0.1) is 0 Å². The Kier molecular flexibility index (Phi) is 4.24. The first-order chi connectivity index (χ1) is 9.51. The van der Waals surface area contributed by atoms with Crippen molar-refractivity contribution < 1.29 is 13.5 Å². The highest BCUT2D eigenvalue weighted by molar-refractivity contribution is 7.98. The van der Waals surface area contributed by atoms with E-state index in [0.717, 1.165) is 17.0 Å². The molecule has 0 heterocycles. The predicted octanol–water partition coefficient (Wildman–Crippen LogP) is 3.76. The molecule has 0 spiro atoms. The molecule has 2 rings (SSSR count). The Morgan fingerprint density at radius 2 is 1.70 bits per heavy atom. The molecular formula is C14H12F2N2OS. The molecule has 0 atom stereocenters. The topological polar surface area (TPSA) is 59.1 Å². The number of ether oxygens (including phenoxy) is 1. The van der Waals surface area contributed by atoms with Gasteiger partial charge in [-0.15, -0.1) is 11.8 Å². The fourth-order valence-corrected chi connectivity index (χ4v) is 1.98. The molecule has 2 aromatic carbocycles. The number of nitrogens with two attached hydrogens (primary N) is 1. The first-order valence-corrected chi connectivity index (χ1v) is 6.89. The quantitative estimate of drug-likeness (QED) is 0.513. The summed E-state index contributed by atoms with van der Waals surface area (Å²) in [7, 11) is 0. The van der Waals surface area contributed by atoms with Crippen LogP contribution in [0.5, 0.6) is 11.5 Å². The van der Waals surface area contributed by atoms with Crippen LogP contribution in [0.1, 0.15) is 5.56 Å². The summed E-state index contributed by atoms with van der Waals surface area (Å²) >= 11 is 1.55. The third kappa shape index (κ3) is 3.08. The lowest BCUT2D eigenvalue weighted by Crippen LogP contribution is -2.12. The van der Waals surface area contributed by atoms with Crippen LogP contribution in [0.2, 0.25) is 0 Å². The van der Waals surface area contributed by atoms with Gasteiger partial charge in [-0.25, -0.2) is 8.78 Å². The highest BCUT2D eigenvalue weighted by atomic mass is 32.2. The van der Waals surface area contributed by atoms with Gasteiger partial charge in [0.25, 0.3) is 0 Å². The number of thioether (sulfide) groups is 1. The Bertz CT molecular complexity index is 621. The fraction of sp³-hybridized carbons (Fsp3) is 0.0714. The molecule has 0 unspecified atom stereocenters. The van der Waals surface area contributed by atoms with Crippen LogP contribution >= 0.6 is 11.8 Å². The Labute approximate surface area is 119 Å². The van der Waals surface area contributed by atoms with Crippen molar-refractivity contribution in [3.63, 3.8) is 0 Å². The maximum absolute atomic E-state index is 13.8. The van der Waals surface area contributed by atoms with Crippen molar-refractivity contribution in [3.05, 3.63) is 53.6 Å². The van der Waals surface area contributed by atoms with E-state index in [-0.39, 0.29) is 5.56 Å². The summed E-state index contributed by atoms with van der Waals surface area (Å²) in [5.41, 5.74) is 5.17. The van der Waals surface area contributed by atoms with Gasteiger partial charge in [-0.3, -0.25) is 5.41 Å². The third-order valence-electron chi connectivity index (χ3n) is 2.59. The number of halogens is 2. The smallest absolute Gasteiger partial charge is 0.198 e. The maximum atomic E-state index is 13.8. The lowest BCUT2D eigenvalue weighted by atomic mass is 10.2. The lowest BCUT2D eigenvalue weighted by Gasteiger charge is -2.09. The van der Waals surface area contributed by atoms with Crippen molar-refractivity contribution >= 4 is 17.6 Å².